The molecule has 0 spiro atoms. The molecule has 1 aliphatic carbocycles. The number of carbonyl (C=O) groups is 2. The molecular weight excluding hydrogens is 575 g/mol. The SMILES string of the molecule is CC1CN(Cc2ccc(C(=O)NC3[C@H]4Oc5ccc(Oc6ccnc7c6CCC(=O)N7)cc5[C@@H]34)cc2C(F)(F)F)CC(C)N1. The van der Waals surface area contributed by atoms with Crippen LogP contribution in [0.25, 0.3) is 0 Å². The van der Waals surface area contributed by atoms with E-state index in [1.807, 2.05) is 24.8 Å². The number of benzene rings is 2. The van der Waals surface area contributed by atoms with Crippen molar-refractivity contribution in [2.75, 3.05) is 18.4 Å². The van der Waals surface area contributed by atoms with Gasteiger partial charge in [0.2, 0.25) is 5.91 Å². The molecule has 4 aliphatic rings. The number of hydrogen-bond donors (Lipinski definition) is 3. The fourth-order valence-electron chi connectivity index (χ4n) is 6.72. The van der Waals surface area contributed by atoms with Gasteiger partial charge in [0.1, 0.15) is 29.2 Å². The lowest BCUT2D eigenvalue weighted by molar-refractivity contribution is -0.138. The zero-order valence-electron chi connectivity index (χ0n) is 24.2. The van der Waals surface area contributed by atoms with E-state index in [9.17, 15) is 22.8 Å². The van der Waals surface area contributed by atoms with E-state index in [2.05, 4.69) is 20.9 Å². The van der Waals surface area contributed by atoms with Crippen LogP contribution in [-0.4, -0.2) is 59.0 Å². The summed E-state index contributed by atoms with van der Waals surface area (Å²) in [5, 5.41) is 9.03. The quantitative estimate of drug-likeness (QED) is 0.376. The number of carbonyl (C=O) groups excluding carboxylic acids is 2. The standard InChI is InChI=1S/C32H32F3N5O4/c1-16-13-40(14-17(2)37-16)15-19-4-3-18(11-23(19)32(33,34)35)31(42)39-28-27-22-12-20(5-7-24(22)44-29(27)28)43-25-9-10-36-30-21(25)6-8-26(41)38-30/h3-5,7,9-12,16-17,27-29,37H,6,8,13-15H2,1-2H3,(H,39,42)(H,36,38,41)/t16?,17?,27-,28?,29-/m0/s1. The van der Waals surface area contributed by atoms with Crippen LogP contribution in [-0.2, 0) is 23.9 Å². The number of anilines is 1. The summed E-state index contributed by atoms with van der Waals surface area (Å²) in [5.74, 6) is 1.53. The van der Waals surface area contributed by atoms with Gasteiger partial charge in [0.25, 0.3) is 5.91 Å². The first kappa shape index (κ1) is 28.6. The van der Waals surface area contributed by atoms with Gasteiger partial charge in [0, 0.05) is 61.0 Å². The van der Waals surface area contributed by atoms with Crippen molar-refractivity contribution < 1.29 is 32.2 Å². The fraction of sp³-hybridized carbons (Fsp3) is 0.406. The Morgan fingerprint density at radius 2 is 1.91 bits per heavy atom. The molecular formula is C32H32F3N5O4. The molecule has 2 amide bonds. The lowest BCUT2D eigenvalue weighted by atomic mass is 10.0. The largest absolute Gasteiger partial charge is 0.487 e. The van der Waals surface area contributed by atoms with Gasteiger partial charge < -0.3 is 25.4 Å². The van der Waals surface area contributed by atoms with E-state index in [1.165, 1.54) is 12.1 Å². The van der Waals surface area contributed by atoms with E-state index < -0.39 is 17.6 Å². The molecule has 230 valence electrons. The van der Waals surface area contributed by atoms with Gasteiger partial charge in [-0.3, -0.25) is 14.5 Å². The van der Waals surface area contributed by atoms with Crippen molar-refractivity contribution in [3.8, 4) is 17.2 Å². The van der Waals surface area contributed by atoms with Crippen LogP contribution in [0.5, 0.6) is 17.2 Å². The number of nitrogens with one attached hydrogen (secondary N) is 3. The van der Waals surface area contributed by atoms with E-state index in [1.54, 1.807) is 24.4 Å². The van der Waals surface area contributed by atoms with Crippen LogP contribution in [0.4, 0.5) is 19.0 Å². The van der Waals surface area contributed by atoms with Crippen molar-refractivity contribution in [3.05, 3.63) is 76.5 Å². The Labute approximate surface area is 252 Å². The van der Waals surface area contributed by atoms with Crippen LogP contribution in [0.1, 0.15) is 58.8 Å². The smallest absolute Gasteiger partial charge is 0.416 e. The molecule has 3 unspecified atom stereocenters. The summed E-state index contributed by atoms with van der Waals surface area (Å²) in [4.78, 5) is 31.1. The highest BCUT2D eigenvalue weighted by molar-refractivity contribution is 5.95. The highest BCUT2D eigenvalue weighted by Gasteiger charge is 2.59. The van der Waals surface area contributed by atoms with Crippen LogP contribution < -0.4 is 25.4 Å². The normalized spacial score (nSPS) is 25.7. The second-order valence-corrected chi connectivity index (χ2v) is 12.1. The van der Waals surface area contributed by atoms with Crippen LogP contribution in [0.15, 0.2) is 48.7 Å². The van der Waals surface area contributed by atoms with Crippen LogP contribution >= 0.6 is 0 Å². The van der Waals surface area contributed by atoms with Gasteiger partial charge in [0.15, 0.2) is 0 Å². The number of hydrogen-bond acceptors (Lipinski definition) is 7. The summed E-state index contributed by atoms with van der Waals surface area (Å²) in [5.41, 5.74) is 1.00. The molecule has 12 heteroatoms. The maximum Gasteiger partial charge on any atom is 0.416 e. The van der Waals surface area contributed by atoms with Gasteiger partial charge in [-0.05, 0) is 62.2 Å². The van der Waals surface area contributed by atoms with E-state index >= 15 is 0 Å². The number of pyridine rings is 1. The van der Waals surface area contributed by atoms with Crippen molar-refractivity contribution in [2.24, 2.45) is 0 Å². The molecule has 2 fully saturated rings. The molecule has 4 heterocycles. The van der Waals surface area contributed by atoms with E-state index in [-0.39, 0.29) is 53.7 Å². The third-order valence-corrected chi connectivity index (χ3v) is 8.66. The lowest BCUT2D eigenvalue weighted by Crippen LogP contribution is -2.53. The minimum absolute atomic E-state index is 0.0417. The summed E-state index contributed by atoms with van der Waals surface area (Å²) >= 11 is 0. The number of nitrogens with zero attached hydrogens (tertiary/aromatic N) is 2. The summed E-state index contributed by atoms with van der Waals surface area (Å²) in [6, 6.07) is 11.0. The first-order valence-corrected chi connectivity index (χ1v) is 14.8. The number of aromatic nitrogens is 1. The van der Waals surface area contributed by atoms with Crippen molar-refractivity contribution in [3.63, 3.8) is 0 Å². The molecule has 3 aliphatic heterocycles. The zero-order chi connectivity index (χ0) is 30.7. The Bertz CT molecular complexity index is 1640. The van der Waals surface area contributed by atoms with Crippen LogP contribution in [0.2, 0.25) is 0 Å². The minimum atomic E-state index is -4.59. The van der Waals surface area contributed by atoms with Gasteiger partial charge >= 0.3 is 6.18 Å². The number of ether oxygens (including phenoxy) is 2. The minimum Gasteiger partial charge on any atom is -0.487 e. The molecule has 1 saturated carbocycles. The topological polar surface area (TPSA) is 105 Å². The highest BCUT2D eigenvalue weighted by atomic mass is 19.4. The molecule has 7 rings (SSSR count). The number of fused-ring (bicyclic) bond motifs is 4. The molecule has 0 radical (unpaired) electrons. The predicted octanol–water partition coefficient (Wildman–Crippen LogP) is 4.62. The Kier molecular flexibility index (Phi) is 7.00. The Balaban J connectivity index is 1.04. The Morgan fingerprint density at radius 1 is 1.11 bits per heavy atom. The molecule has 1 saturated heterocycles. The maximum atomic E-state index is 14.1. The summed E-state index contributed by atoms with van der Waals surface area (Å²) in [7, 11) is 0. The van der Waals surface area contributed by atoms with E-state index in [0.29, 0.717) is 49.0 Å². The molecule has 0 bridgehead atoms. The van der Waals surface area contributed by atoms with Crippen molar-refractivity contribution in [2.45, 2.75) is 69.6 Å². The number of alkyl halides is 3. The van der Waals surface area contributed by atoms with Gasteiger partial charge in [-0.2, -0.15) is 13.2 Å². The predicted molar refractivity (Wildman–Crippen MR) is 155 cm³/mol. The first-order chi connectivity index (χ1) is 21.0. The van der Waals surface area contributed by atoms with E-state index in [4.69, 9.17) is 9.47 Å². The van der Waals surface area contributed by atoms with Gasteiger partial charge in [-0.25, -0.2) is 4.98 Å². The molecule has 2 aromatic carbocycles. The van der Waals surface area contributed by atoms with Gasteiger partial charge in [-0.1, -0.05) is 6.07 Å². The van der Waals surface area contributed by atoms with Crippen molar-refractivity contribution >= 4 is 17.6 Å². The summed E-state index contributed by atoms with van der Waals surface area (Å²) in [6.45, 7) is 5.47. The summed E-state index contributed by atoms with van der Waals surface area (Å²) < 4.78 is 54.5. The molecule has 3 aromatic rings. The summed E-state index contributed by atoms with van der Waals surface area (Å²) in [6.07, 6.45) is -2.46. The van der Waals surface area contributed by atoms with Crippen molar-refractivity contribution in [1.29, 1.82) is 0 Å². The molecule has 5 atom stereocenters. The Morgan fingerprint density at radius 3 is 2.68 bits per heavy atom. The third kappa shape index (κ3) is 5.48. The lowest BCUT2D eigenvalue weighted by Gasteiger charge is -2.36. The maximum absolute atomic E-state index is 14.1. The first-order valence-electron chi connectivity index (χ1n) is 14.8. The average Bonchev–Trinajstić information content (AvgIpc) is 3.48. The fourth-order valence-corrected chi connectivity index (χ4v) is 6.72. The number of halogens is 3. The Hall–Kier alpha value is -4.16. The highest BCUT2D eigenvalue weighted by Crippen LogP contribution is 2.54. The van der Waals surface area contributed by atoms with Gasteiger partial charge in [0.05, 0.1) is 17.5 Å². The van der Waals surface area contributed by atoms with Crippen LogP contribution in [0.3, 0.4) is 0 Å². The zero-order valence-corrected chi connectivity index (χ0v) is 24.2. The molecule has 3 N–H and O–H groups in total. The number of amides is 2. The van der Waals surface area contributed by atoms with Crippen LogP contribution in [0, 0.1) is 0 Å². The molecule has 44 heavy (non-hydrogen) atoms. The second kappa shape index (κ2) is 10.8. The van der Waals surface area contributed by atoms with E-state index in [0.717, 1.165) is 17.2 Å². The molecule has 1 aromatic heterocycles. The van der Waals surface area contributed by atoms with Crippen molar-refractivity contribution in [1.82, 2.24) is 20.5 Å². The third-order valence-electron chi connectivity index (χ3n) is 8.66. The monoisotopic (exact) mass is 607 g/mol. The number of piperazine rings is 1. The molecule has 9 nitrogen and oxygen atoms in total. The average molecular weight is 608 g/mol. The van der Waals surface area contributed by atoms with Gasteiger partial charge in [-0.15, -0.1) is 0 Å². The number of rotatable bonds is 6. The second-order valence-electron chi connectivity index (χ2n) is 12.1.